The van der Waals surface area contributed by atoms with E-state index in [0.717, 1.165) is 36.1 Å². The van der Waals surface area contributed by atoms with Gasteiger partial charge in [-0.2, -0.15) is 4.98 Å². The summed E-state index contributed by atoms with van der Waals surface area (Å²) in [5.41, 5.74) is 2.95. The lowest BCUT2D eigenvalue weighted by Crippen LogP contribution is -2.07. The Kier molecular flexibility index (Phi) is 6.25. The van der Waals surface area contributed by atoms with Crippen LogP contribution in [0.2, 0.25) is 0 Å². The van der Waals surface area contributed by atoms with Crippen molar-refractivity contribution in [3.8, 4) is 5.88 Å². The minimum atomic E-state index is 0.598. The minimum absolute atomic E-state index is 0.598. The molecule has 2 rings (SSSR count). The van der Waals surface area contributed by atoms with Crippen molar-refractivity contribution < 1.29 is 4.74 Å². The van der Waals surface area contributed by atoms with E-state index in [4.69, 9.17) is 4.74 Å². The first kappa shape index (κ1) is 16.0. The van der Waals surface area contributed by atoms with Gasteiger partial charge < -0.3 is 10.1 Å². The van der Waals surface area contributed by atoms with Crippen molar-refractivity contribution in [2.75, 3.05) is 24.7 Å². The molecule has 0 spiro atoms. The molecule has 0 atom stereocenters. The molecule has 2 aromatic rings. The van der Waals surface area contributed by atoms with Gasteiger partial charge in [0.2, 0.25) is 5.88 Å². The average molecular weight is 324 g/mol. The molecule has 0 aliphatic heterocycles. The smallest absolute Gasteiger partial charge is 0.219 e. The predicted octanol–water partition coefficient (Wildman–Crippen LogP) is 3.41. The topological polar surface area (TPSA) is 59.9 Å². The molecule has 0 saturated heterocycles. The van der Waals surface area contributed by atoms with E-state index in [0.29, 0.717) is 12.5 Å². The van der Waals surface area contributed by atoms with E-state index in [2.05, 4.69) is 27.2 Å². The standard InChI is InChI=1S/C14H20N4OS2/c1-4-6-15-12-8-13(18-14(17-12)20-3)19-7-5-11-10(2)16-9-21-11/h8-9H,4-7H2,1-3H3,(H,15,17,18). The number of anilines is 1. The third-order valence-corrected chi connectivity index (χ3v) is 4.39. The average Bonchev–Trinajstić information content (AvgIpc) is 2.90. The summed E-state index contributed by atoms with van der Waals surface area (Å²) >= 11 is 3.18. The van der Waals surface area contributed by atoms with Gasteiger partial charge in [0.15, 0.2) is 5.16 Å². The Morgan fingerprint density at radius 2 is 2.24 bits per heavy atom. The SMILES string of the molecule is CCCNc1cc(OCCc2scnc2C)nc(SC)n1. The molecule has 114 valence electrons. The highest BCUT2D eigenvalue weighted by atomic mass is 32.2. The molecular formula is C14H20N4OS2. The number of aromatic nitrogens is 3. The number of hydrogen-bond acceptors (Lipinski definition) is 7. The molecule has 21 heavy (non-hydrogen) atoms. The van der Waals surface area contributed by atoms with Crippen LogP contribution >= 0.6 is 23.1 Å². The lowest BCUT2D eigenvalue weighted by molar-refractivity contribution is 0.307. The molecule has 5 nitrogen and oxygen atoms in total. The molecule has 0 fully saturated rings. The van der Waals surface area contributed by atoms with E-state index in [1.54, 1.807) is 11.3 Å². The number of thiazole rings is 1. The second-order valence-corrected chi connectivity index (χ2v) is 6.18. The molecule has 0 amide bonds. The van der Waals surface area contributed by atoms with Gasteiger partial charge in [-0.05, 0) is 19.6 Å². The predicted molar refractivity (Wildman–Crippen MR) is 88.6 cm³/mol. The van der Waals surface area contributed by atoms with Gasteiger partial charge >= 0.3 is 0 Å². The van der Waals surface area contributed by atoms with Gasteiger partial charge in [0.25, 0.3) is 0 Å². The summed E-state index contributed by atoms with van der Waals surface area (Å²) in [6.45, 7) is 5.64. The second kappa shape index (κ2) is 8.19. The fourth-order valence-electron chi connectivity index (χ4n) is 1.73. The van der Waals surface area contributed by atoms with Crippen LogP contribution in [0.1, 0.15) is 23.9 Å². The molecule has 0 unspecified atom stereocenters. The van der Waals surface area contributed by atoms with Gasteiger partial charge in [0.05, 0.1) is 17.8 Å². The highest BCUT2D eigenvalue weighted by Crippen LogP contribution is 2.20. The van der Waals surface area contributed by atoms with Crippen LogP contribution in [0, 0.1) is 6.92 Å². The van der Waals surface area contributed by atoms with Crippen LogP contribution in [-0.4, -0.2) is 34.4 Å². The quantitative estimate of drug-likeness (QED) is 0.593. The van der Waals surface area contributed by atoms with E-state index in [-0.39, 0.29) is 0 Å². The number of nitrogens with zero attached hydrogens (tertiary/aromatic N) is 3. The normalized spacial score (nSPS) is 10.6. The second-order valence-electron chi connectivity index (χ2n) is 4.46. The minimum Gasteiger partial charge on any atom is -0.477 e. The highest BCUT2D eigenvalue weighted by molar-refractivity contribution is 7.98. The van der Waals surface area contributed by atoms with Crippen LogP contribution in [-0.2, 0) is 6.42 Å². The zero-order chi connectivity index (χ0) is 15.1. The largest absolute Gasteiger partial charge is 0.477 e. The first-order valence-electron chi connectivity index (χ1n) is 6.91. The van der Waals surface area contributed by atoms with Crippen LogP contribution in [0.25, 0.3) is 0 Å². The van der Waals surface area contributed by atoms with Crippen molar-refractivity contribution in [2.45, 2.75) is 31.8 Å². The fraction of sp³-hybridized carbons (Fsp3) is 0.500. The molecule has 1 N–H and O–H groups in total. The summed E-state index contributed by atoms with van der Waals surface area (Å²) in [4.78, 5) is 14.3. The number of thioether (sulfide) groups is 1. The van der Waals surface area contributed by atoms with Crippen molar-refractivity contribution in [1.82, 2.24) is 15.0 Å². The third kappa shape index (κ3) is 4.86. The Morgan fingerprint density at radius 3 is 2.90 bits per heavy atom. The van der Waals surface area contributed by atoms with Crippen LogP contribution in [0.15, 0.2) is 16.7 Å². The number of ether oxygens (including phenoxy) is 1. The Morgan fingerprint density at radius 1 is 1.38 bits per heavy atom. The van der Waals surface area contributed by atoms with E-state index >= 15 is 0 Å². The van der Waals surface area contributed by atoms with Crippen molar-refractivity contribution in [1.29, 1.82) is 0 Å². The van der Waals surface area contributed by atoms with Crippen LogP contribution in [0.4, 0.5) is 5.82 Å². The molecule has 2 aromatic heterocycles. The van der Waals surface area contributed by atoms with Crippen LogP contribution < -0.4 is 10.1 Å². The molecule has 0 aliphatic carbocycles. The maximum absolute atomic E-state index is 5.77. The van der Waals surface area contributed by atoms with Crippen LogP contribution in [0.3, 0.4) is 0 Å². The van der Waals surface area contributed by atoms with Crippen molar-refractivity contribution in [3.05, 3.63) is 22.1 Å². The Hall–Kier alpha value is -1.34. The summed E-state index contributed by atoms with van der Waals surface area (Å²) in [6, 6.07) is 1.86. The van der Waals surface area contributed by atoms with Gasteiger partial charge in [-0.25, -0.2) is 9.97 Å². The summed E-state index contributed by atoms with van der Waals surface area (Å²) in [6.07, 6.45) is 3.87. The summed E-state index contributed by atoms with van der Waals surface area (Å²) in [7, 11) is 0. The van der Waals surface area contributed by atoms with Gasteiger partial charge in [-0.15, -0.1) is 11.3 Å². The van der Waals surface area contributed by atoms with Gasteiger partial charge in [0, 0.05) is 23.9 Å². The van der Waals surface area contributed by atoms with Crippen molar-refractivity contribution >= 4 is 28.9 Å². The zero-order valence-electron chi connectivity index (χ0n) is 12.5. The number of aryl methyl sites for hydroxylation is 1. The maximum Gasteiger partial charge on any atom is 0.219 e. The third-order valence-electron chi connectivity index (χ3n) is 2.84. The lowest BCUT2D eigenvalue weighted by atomic mass is 10.3. The summed E-state index contributed by atoms with van der Waals surface area (Å²) in [5, 5.41) is 3.99. The molecule has 2 heterocycles. The molecule has 0 aromatic carbocycles. The highest BCUT2D eigenvalue weighted by Gasteiger charge is 2.06. The number of hydrogen-bond donors (Lipinski definition) is 1. The Bertz CT molecular complexity index is 574. The number of rotatable bonds is 8. The number of nitrogens with one attached hydrogen (secondary N) is 1. The van der Waals surface area contributed by atoms with Crippen LogP contribution in [0.5, 0.6) is 5.88 Å². The van der Waals surface area contributed by atoms with E-state index in [1.165, 1.54) is 16.6 Å². The van der Waals surface area contributed by atoms with Gasteiger partial charge in [-0.3, -0.25) is 0 Å². The molecule has 7 heteroatoms. The molecule has 0 radical (unpaired) electrons. The molecular weight excluding hydrogens is 304 g/mol. The maximum atomic E-state index is 5.77. The first-order valence-corrected chi connectivity index (χ1v) is 9.02. The molecule has 0 bridgehead atoms. The monoisotopic (exact) mass is 324 g/mol. The van der Waals surface area contributed by atoms with E-state index in [1.807, 2.05) is 24.8 Å². The van der Waals surface area contributed by atoms with Crippen molar-refractivity contribution in [3.63, 3.8) is 0 Å². The Labute approximate surface area is 133 Å². The van der Waals surface area contributed by atoms with E-state index < -0.39 is 0 Å². The first-order chi connectivity index (χ1) is 10.2. The lowest BCUT2D eigenvalue weighted by Gasteiger charge is -2.09. The zero-order valence-corrected chi connectivity index (χ0v) is 14.2. The van der Waals surface area contributed by atoms with Gasteiger partial charge in [0.1, 0.15) is 5.82 Å². The molecule has 0 saturated carbocycles. The summed E-state index contributed by atoms with van der Waals surface area (Å²) in [5.74, 6) is 1.44. The van der Waals surface area contributed by atoms with Gasteiger partial charge in [-0.1, -0.05) is 18.7 Å². The van der Waals surface area contributed by atoms with Crippen molar-refractivity contribution in [2.24, 2.45) is 0 Å². The molecule has 0 aliphatic rings. The van der Waals surface area contributed by atoms with E-state index in [9.17, 15) is 0 Å². The Balaban J connectivity index is 1.96. The summed E-state index contributed by atoms with van der Waals surface area (Å²) < 4.78 is 5.77. The fourth-order valence-corrected chi connectivity index (χ4v) is 2.86.